The summed E-state index contributed by atoms with van der Waals surface area (Å²) < 4.78 is 60.7. The smallest absolute Gasteiger partial charge is 0.346 e. The fraction of sp³-hybridized carbons (Fsp3) is 0.476. The van der Waals surface area contributed by atoms with Gasteiger partial charge in [-0.05, 0) is 53.6 Å². The molecule has 2 aliphatic rings. The summed E-state index contributed by atoms with van der Waals surface area (Å²) in [5.41, 5.74) is 1.15. The van der Waals surface area contributed by atoms with E-state index in [1.807, 2.05) is 30.3 Å². The Morgan fingerprint density at radius 2 is 2.06 bits per heavy atom. The van der Waals surface area contributed by atoms with Gasteiger partial charge in [-0.25, -0.2) is 4.39 Å². The number of halogens is 4. The summed E-state index contributed by atoms with van der Waals surface area (Å²) in [6.07, 6.45) is 0.759. The number of piperidine rings is 1. The first-order valence-corrected chi connectivity index (χ1v) is 10.3. The van der Waals surface area contributed by atoms with Gasteiger partial charge in [0, 0.05) is 25.7 Å². The van der Waals surface area contributed by atoms with Crippen molar-refractivity contribution in [1.82, 2.24) is 30.8 Å². The quantitative estimate of drug-likeness (QED) is 0.656. The Hall–Kier alpha value is -2.63. The molecule has 0 saturated carbocycles. The van der Waals surface area contributed by atoms with E-state index in [1.165, 1.54) is 19.3 Å². The van der Waals surface area contributed by atoms with Gasteiger partial charge in [-0.3, -0.25) is 0 Å². The van der Waals surface area contributed by atoms with Crippen LogP contribution in [0.5, 0.6) is 0 Å². The molecule has 0 amide bonds. The summed E-state index contributed by atoms with van der Waals surface area (Å²) in [4.78, 5) is 0. The lowest BCUT2D eigenvalue weighted by Crippen LogP contribution is -2.49. The highest BCUT2D eigenvalue weighted by Crippen LogP contribution is 2.35. The van der Waals surface area contributed by atoms with Crippen LogP contribution < -0.4 is 10.6 Å². The van der Waals surface area contributed by atoms with Crippen molar-refractivity contribution in [1.29, 1.82) is 0 Å². The molecule has 2 heterocycles. The number of tetrazole rings is 1. The molecule has 11 heteroatoms. The summed E-state index contributed by atoms with van der Waals surface area (Å²) in [5, 5.41) is 16.5. The van der Waals surface area contributed by atoms with E-state index in [4.69, 9.17) is 4.74 Å². The molecule has 4 rings (SSSR count). The largest absolute Gasteiger partial charge is 0.453 e. The van der Waals surface area contributed by atoms with Gasteiger partial charge in [0.25, 0.3) is 5.82 Å². The summed E-state index contributed by atoms with van der Waals surface area (Å²) in [5.74, 6) is -4.34. The first-order chi connectivity index (χ1) is 15.3. The van der Waals surface area contributed by atoms with Crippen LogP contribution in [0.15, 0.2) is 48.6 Å². The molecule has 0 radical (unpaired) electrons. The predicted molar refractivity (Wildman–Crippen MR) is 109 cm³/mol. The maximum absolute atomic E-state index is 15.4. The Bertz CT molecular complexity index is 976. The van der Waals surface area contributed by atoms with Gasteiger partial charge < -0.3 is 15.4 Å². The van der Waals surface area contributed by atoms with Gasteiger partial charge in [-0.1, -0.05) is 30.3 Å². The van der Waals surface area contributed by atoms with Crippen LogP contribution in [0, 0.1) is 5.92 Å². The van der Waals surface area contributed by atoms with Gasteiger partial charge in [-0.2, -0.15) is 17.9 Å². The minimum Gasteiger partial charge on any atom is -0.346 e. The van der Waals surface area contributed by atoms with Gasteiger partial charge in [0.15, 0.2) is 0 Å². The van der Waals surface area contributed by atoms with Crippen LogP contribution >= 0.6 is 0 Å². The van der Waals surface area contributed by atoms with Crippen LogP contribution in [-0.2, 0) is 10.9 Å². The van der Waals surface area contributed by atoms with Gasteiger partial charge in [0.05, 0.1) is 11.6 Å². The molecule has 2 N–H and O–H groups in total. The van der Waals surface area contributed by atoms with Gasteiger partial charge in [-0.15, -0.1) is 5.10 Å². The summed E-state index contributed by atoms with van der Waals surface area (Å²) in [7, 11) is 1.23. The summed E-state index contributed by atoms with van der Waals surface area (Å²) in [6, 6.07) is 10.00. The summed E-state index contributed by atoms with van der Waals surface area (Å²) in [6.45, 7) is 1.02. The van der Waals surface area contributed by atoms with Crippen molar-refractivity contribution >= 4 is 5.70 Å². The number of benzene rings is 1. The molecule has 172 valence electrons. The number of aromatic nitrogens is 4. The van der Waals surface area contributed by atoms with E-state index < -0.39 is 23.8 Å². The Kier molecular flexibility index (Phi) is 6.40. The zero-order valence-electron chi connectivity index (χ0n) is 17.4. The Morgan fingerprint density at radius 1 is 1.28 bits per heavy atom. The second-order valence-corrected chi connectivity index (χ2v) is 7.84. The number of nitrogens with one attached hydrogen (secondary N) is 2. The molecule has 1 aliphatic heterocycles. The highest BCUT2D eigenvalue weighted by molar-refractivity contribution is 5.60. The molecule has 2 aromatic rings. The van der Waals surface area contributed by atoms with Crippen molar-refractivity contribution in [3.05, 3.63) is 59.9 Å². The molecule has 7 nitrogen and oxygen atoms in total. The Balaban J connectivity index is 1.55. The lowest BCUT2D eigenvalue weighted by Gasteiger charge is -2.37. The van der Waals surface area contributed by atoms with E-state index in [9.17, 15) is 13.2 Å². The molecule has 2 unspecified atom stereocenters. The first kappa shape index (κ1) is 22.6. The zero-order chi connectivity index (χ0) is 22.8. The molecular formula is C21H24F4N6O. The average Bonchev–Trinajstić information content (AvgIpc) is 3.30. The van der Waals surface area contributed by atoms with Crippen molar-refractivity contribution in [3.63, 3.8) is 0 Å². The fourth-order valence-corrected chi connectivity index (χ4v) is 4.19. The molecule has 1 fully saturated rings. The standard InChI is InChI=1S/C21H24F4N6O/c1-32-20(22)10-9-16(31-19(21(23,24)25)28-29-30-31)12-15(20)13-27-17-8-5-11-26-18(17)14-6-3-2-4-7-14/h2-4,6-7,9-10,12,15,17-18,26-27H,5,8,11,13H2,1H3/t15?,17-,18-,20?/m0/s1. The lowest BCUT2D eigenvalue weighted by atomic mass is 9.89. The number of hydrogen-bond donors (Lipinski definition) is 2. The van der Waals surface area contributed by atoms with E-state index in [0.717, 1.165) is 31.0 Å². The van der Waals surface area contributed by atoms with Crippen molar-refractivity contribution < 1.29 is 22.3 Å². The van der Waals surface area contributed by atoms with Crippen molar-refractivity contribution in [3.8, 4) is 0 Å². The topological polar surface area (TPSA) is 76.9 Å². The van der Waals surface area contributed by atoms with Crippen LogP contribution in [0.2, 0.25) is 0 Å². The van der Waals surface area contributed by atoms with Crippen LogP contribution in [0.4, 0.5) is 17.6 Å². The third-order valence-electron chi connectivity index (χ3n) is 5.86. The van der Waals surface area contributed by atoms with E-state index in [0.29, 0.717) is 4.68 Å². The number of rotatable bonds is 6. The van der Waals surface area contributed by atoms with E-state index in [1.54, 1.807) is 0 Å². The first-order valence-electron chi connectivity index (χ1n) is 10.3. The second kappa shape index (κ2) is 9.08. The SMILES string of the molecule is COC1(F)C=CC(n2nnnc2C(F)(F)F)=CC1CN[C@H]1CCCN[C@H]1c1ccccc1. The molecule has 32 heavy (non-hydrogen) atoms. The Morgan fingerprint density at radius 3 is 2.78 bits per heavy atom. The highest BCUT2D eigenvalue weighted by Gasteiger charge is 2.42. The summed E-state index contributed by atoms with van der Waals surface area (Å²) >= 11 is 0. The van der Waals surface area contributed by atoms with Gasteiger partial charge in [0.1, 0.15) is 0 Å². The molecule has 0 spiro atoms. The van der Waals surface area contributed by atoms with Crippen LogP contribution in [-0.4, -0.2) is 52.3 Å². The number of methoxy groups -OCH3 is 1. The van der Waals surface area contributed by atoms with Crippen LogP contribution in [0.3, 0.4) is 0 Å². The third kappa shape index (κ3) is 4.59. The van der Waals surface area contributed by atoms with Crippen LogP contribution in [0.1, 0.15) is 30.3 Å². The van der Waals surface area contributed by atoms with Gasteiger partial charge in [0.2, 0.25) is 5.85 Å². The molecule has 1 aromatic heterocycles. The number of ether oxygens (including phenoxy) is 1. The number of alkyl halides is 4. The number of allylic oxidation sites excluding steroid dienone is 2. The van der Waals surface area contributed by atoms with Crippen molar-refractivity contribution in [2.75, 3.05) is 20.2 Å². The van der Waals surface area contributed by atoms with Crippen molar-refractivity contribution in [2.45, 2.75) is 37.0 Å². The minimum atomic E-state index is -4.74. The molecule has 4 atom stereocenters. The second-order valence-electron chi connectivity index (χ2n) is 7.84. The van der Waals surface area contributed by atoms with Gasteiger partial charge >= 0.3 is 6.18 Å². The minimum absolute atomic E-state index is 0.0220. The molecule has 1 saturated heterocycles. The molecular weight excluding hydrogens is 428 g/mol. The monoisotopic (exact) mass is 452 g/mol. The van der Waals surface area contributed by atoms with E-state index >= 15 is 4.39 Å². The predicted octanol–water partition coefficient (Wildman–Crippen LogP) is 3.11. The zero-order valence-corrected chi connectivity index (χ0v) is 17.4. The number of hydrogen-bond acceptors (Lipinski definition) is 6. The molecule has 1 aromatic carbocycles. The Labute approximate surface area is 182 Å². The maximum Gasteiger partial charge on any atom is 0.453 e. The van der Waals surface area contributed by atoms with E-state index in [-0.39, 0.29) is 24.3 Å². The normalized spacial score (nSPS) is 28.5. The number of nitrogens with zero attached hydrogens (tertiary/aromatic N) is 4. The average molecular weight is 452 g/mol. The molecule has 1 aliphatic carbocycles. The van der Waals surface area contributed by atoms with E-state index in [2.05, 4.69) is 26.2 Å². The third-order valence-corrected chi connectivity index (χ3v) is 5.86. The van der Waals surface area contributed by atoms with Crippen LogP contribution in [0.25, 0.3) is 5.70 Å². The molecule has 0 bridgehead atoms. The maximum atomic E-state index is 15.4. The lowest BCUT2D eigenvalue weighted by molar-refractivity contribution is -0.146. The van der Waals surface area contributed by atoms with Crippen molar-refractivity contribution in [2.24, 2.45) is 5.92 Å². The highest BCUT2D eigenvalue weighted by atomic mass is 19.4. The fourth-order valence-electron chi connectivity index (χ4n) is 4.19.